The van der Waals surface area contributed by atoms with Gasteiger partial charge in [-0.15, -0.1) is 0 Å². The lowest BCUT2D eigenvalue weighted by Gasteiger charge is -2.07. The zero-order valence-electron chi connectivity index (χ0n) is 18.1. The molecule has 0 bridgehead atoms. The molecule has 0 unspecified atom stereocenters. The molecule has 6 nitrogen and oxygen atoms in total. The first kappa shape index (κ1) is 22.7. The van der Waals surface area contributed by atoms with Gasteiger partial charge in [-0.25, -0.2) is 18.7 Å². The molecule has 0 fully saturated rings. The average Bonchev–Trinajstić information content (AvgIpc) is 2.75. The van der Waals surface area contributed by atoms with E-state index in [0.29, 0.717) is 44.6 Å². The summed E-state index contributed by atoms with van der Waals surface area (Å²) in [4.78, 5) is 19.3. The molecule has 0 aliphatic rings. The minimum absolute atomic E-state index is 0.166. The van der Waals surface area contributed by atoms with Crippen molar-refractivity contribution in [1.82, 2.24) is 9.97 Å². The number of para-hydroxylation sites is 2. The van der Waals surface area contributed by atoms with Crippen LogP contribution < -0.4 is 5.32 Å². The van der Waals surface area contributed by atoms with E-state index in [4.69, 9.17) is 5.21 Å². The normalized spacial score (nSPS) is 11.2. The second-order valence-corrected chi connectivity index (χ2v) is 7.23. The van der Waals surface area contributed by atoms with Gasteiger partial charge >= 0.3 is 0 Å². The van der Waals surface area contributed by atoms with Crippen molar-refractivity contribution in [3.63, 3.8) is 0 Å². The summed E-state index contributed by atoms with van der Waals surface area (Å²) in [5, 5.41) is 15.9. The summed E-state index contributed by atoms with van der Waals surface area (Å²) in [5.41, 5.74) is 3.73. The molecule has 0 radical (unpaired) electrons. The number of rotatable bonds is 2. The molecule has 32 heavy (non-hydrogen) atoms. The third kappa shape index (κ3) is 4.85. The molecular weight excluding hydrogens is 414 g/mol. The number of amides is 1. The van der Waals surface area contributed by atoms with Gasteiger partial charge in [0.2, 0.25) is 5.91 Å². The number of halogens is 2. The predicted octanol–water partition coefficient (Wildman–Crippen LogP) is 5.52. The van der Waals surface area contributed by atoms with Gasteiger partial charge in [0.25, 0.3) is 0 Å². The number of aromatic nitrogens is 2. The van der Waals surface area contributed by atoms with Crippen molar-refractivity contribution < 1.29 is 18.8 Å². The van der Waals surface area contributed by atoms with Gasteiger partial charge in [0.15, 0.2) is 0 Å². The minimum Gasteiger partial charge on any atom is -0.411 e. The third-order valence-corrected chi connectivity index (χ3v) is 4.82. The van der Waals surface area contributed by atoms with Gasteiger partial charge in [-0.3, -0.25) is 4.79 Å². The Labute approximate surface area is 183 Å². The smallest absolute Gasteiger partial charge is 0.221 e. The molecule has 4 aromatic rings. The minimum atomic E-state index is -0.352. The first-order valence-corrected chi connectivity index (χ1v) is 9.79. The molecule has 2 heterocycles. The van der Waals surface area contributed by atoms with Crippen LogP contribution >= 0.6 is 0 Å². The quantitative estimate of drug-likeness (QED) is 0.246. The van der Waals surface area contributed by atoms with Crippen LogP contribution in [-0.2, 0) is 4.79 Å². The molecule has 0 spiro atoms. The fourth-order valence-electron chi connectivity index (χ4n) is 3.24. The molecule has 0 aliphatic carbocycles. The number of hydrogen-bond acceptors (Lipinski definition) is 5. The fourth-order valence-corrected chi connectivity index (χ4v) is 3.24. The summed E-state index contributed by atoms with van der Waals surface area (Å²) < 4.78 is 26.8. The van der Waals surface area contributed by atoms with Crippen molar-refractivity contribution in [2.75, 3.05) is 5.32 Å². The number of oxime groups is 1. The zero-order valence-corrected chi connectivity index (χ0v) is 18.1. The summed E-state index contributed by atoms with van der Waals surface area (Å²) in [6.07, 6.45) is 0. The van der Waals surface area contributed by atoms with Crippen molar-refractivity contribution in [3.05, 3.63) is 77.1 Å². The molecule has 0 saturated carbocycles. The van der Waals surface area contributed by atoms with Crippen LogP contribution in [0.15, 0.2) is 53.7 Å². The molecular formula is C24H22F2N4O2. The molecule has 0 saturated heterocycles. The molecule has 2 aromatic heterocycles. The maximum atomic E-state index is 13.4. The van der Waals surface area contributed by atoms with Gasteiger partial charge in [0, 0.05) is 29.0 Å². The van der Waals surface area contributed by atoms with E-state index >= 15 is 0 Å². The average molecular weight is 436 g/mol. The topological polar surface area (TPSA) is 87.5 Å². The Morgan fingerprint density at radius 2 is 1.44 bits per heavy atom. The lowest BCUT2D eigenvalue weighted by atomic mass is 10.1. The zero-order chi connectivity index (χ0) is 23.4. The van der Waals surface area contributed by atoms with E-state index in [1.54, 1.807) is 57.2 Å². The number of hydrogen-bond donors (Lipinski definition) is 2. The Kier molecular flexibility index (Phi) is 6.73. The van der Waals surface area contributed by atoms with E-state index in [-0.39, 0.29) is 17.5 Å². The van der Waals surface area contributed by atoms with Crippen molar-refractivity contribution in [2.45, 2.75) is 27.7 Å². The second-order valence-electron chi connectivity index (χ2n) is 7.23. The van der Waals surface area contributed by atoms with Crippen LogP contribution in [0.2, 0.25) is 0 Å². The highest BCUT2D eigenvalue weighted by Crippen LogP contribution is 2.22. The molecule has 1 amide bonds. The summed E-state index contributed by atoms with van der Waals surface area (Å²) in [6.45, 7) is 6.59. The predicted molar refractivity (Wildman–Crippen MR) is 121 cm³/mol. The van der Waals surface area contributed by atoms with Gasteiger partial charge in [-0.1, -0.05) is 29.4 Å². The maximum absolute atomic E-state index is 13.4. The van der Waals surface area contributed by atoms with E-state index in [1.807, 2.05) is 0 Å². The summed E-state index contributed by atoms with van der Waals surface area (Å²) in [6, 6.07) is 13.0. The largest absolute Gasteiger partial charge is 0.411 e. The van der Waals surface area contributed by atoms with Gasteiger partial charge in [0.05, 0.1) is 17.1 Å². The van der Waals surface area contributed by atoms with Crippen LogP contribution in [0.5, 0.6) is 0 Å². The molecule has 4 rings (SSSR count). The number of carbonyl (C=O) groups is 1. The van der Waals surface area contributed by atoms with Crippen LogP contribution in [0.25, 0.3) is 21.8 Å². The Morgan fingerprint density at radius 3 is 1.97 bits per heavy atom. The number of anilines is 1. The number of fused-ring (bicyclic) bond motifs is 2. The van der Waals surface area contributed by atoms with Gasteiger partial charge < -0.3 is 10.5 Å². The van der Waals surface area contributed by atoms with Crippen LogP contribution in [0.1, 0.15) is 30.8 Å². The van der Waals surface area contributed by atoms with E-state index in [9.17, 15) is 13.6 Å². The van der Waals surface area contributed by atoms with Gasteiger partial charge in [-0.2, -0.15) is 0 Å². The Morgan fingerprint density at radius 1 is 0.906 bits per heavy atom. The molecule has 2 aromatic carbocycles. The number of nitrogens with one attached hydrogen (secondary N) is 1. The Bertz CT molecular complexity index is 1350. The van der Waals surface area contributed by atoms with E-state index in [1.165, 1.54) is 19.1 Å². The van der Waals surface area contributed by atoms with Crippen LogP contribution in [0, 0.1) is 25.5 Å². The standard InChI is InChI=1S/2C12H11FN2O/c1-7-10(8(2)15-16)6-9-4-3-5-11(13)12(9)14-7;1-7-11(15-8(2)16)6-9-4-3-5-10(13)12(9)14-7/h3-6,16H,1-2H3;3-6H,1-2H3,(H,15,16)/b15-8+;. The lowest BCUT2D eigenvalue weighted by Crippen LogP contribution is -2.08. The van der Waals surface area contributed by atoms with E-state index in [0.717, 1.165) is 5.56 Å². The van der Waals surface area contributed by atoms with Gasteiger partial charge in [-0.05, 0) is 45.0 Å². The fraction of sp³-hybridized carbons (Fsp3) is 0.167. The van der Waals surface area contributed by atoms with Crippen molar-refractivity contribution >= 4 is 39.1 Å². The highest BCUT2D eigenvalue weighted by atomic mass is 19.1. The van der Waals surface area contributed by atoms with E-state index in [2.05, 4.69) is 20.4 Å². The van der Waals surface area contributed by atoms with Crippen molar-refractivity contribution in [1.29, 1.82) is 0 Å². The lowest BCUT2D eigenvalue weighted by molar-refractivity contribution is -0.114. The molecule has 164 valence electrons. The van der Waals surface area contributed by atoms with Crippen LogP contribution in [0.3, 0.4) is 0 Å². The summed E-state index contributed by atoms with van der Waals surface area (Å²) in [7, 11) is 0. The summed E-state index contributed by atoms with van der Waals surface area (Å²) in [5.74, 6) is -0.860. The molecule has 0 atom stereocenters. The molecule has 8 heteroatoms. The van der Waals surface area contributed by atoms with Crippen molar-refractivity contribution in [2.24, 2.45) is 5.16 Å². The van der Waals surface area contributed by atoms with Crippen LogP contribution in [0.4, 0.5) is 14.5 Å². The number of nitrogens with zero attached hydrogens (tertiary/aromatic N) is 3. The SMILES string of the molecule is C/C(=N\O)c1cc2cccc(F)c2nc1C.CC(=O)Nc1cc2cccc(F)c2nc1C. The maximum Gasteiger partial charge on any atom is 0.221 e. The third-order valence-electron chi connectivity index (χ3n) is 4.82. The summed E-state index contributed by atoms with van der Waals surface area (Å²) >= 11 is 0. The monoisotopic (exact) mass is 436 g/mol. The number of benzene rings is 2. The Hall–Kier alpha value is -3.94. The number of carbonyl (C=O) groups excluding carboxylic acids is 1. The first-order chi connectivity index (χ1) is 15.2. The molecule has 2 N–H and O–H groups in total. The number of aryl methyl sites for hydroxylation is 2. The van der Waals surface area contributed by atoms with Crippen molar-refractivity contribution in [3.8, 4) is 0 Å². The first-order valence-electron chi connectivity index (χ1n) is 9.79. The highest BCUT2D eigenvalue weighted by molar-refractivity contribution is 6.01. The second kappa shape index (κ2) is 9.47. The van der Waals surface area contributed by atoms with E-state index < -0.39 is 0 Å². The number of pyridine rings is 2. The van der Waals surface area contributed by atoms with Crippen LogP contribution in [-0.4, -0.2) is 26.8 Å². The molecule has 0 aliphatic heterocycles. The highest BCUT2D eigenvalue weighted by Gasteiger charge is 2.09. The van der Waals surface area contributed by atoms with Gasteiger partial charge in [0.1, 0.15) is 22.7 Å². The Balaban J connectivity index is 0.000000181.